The fourth-order valence-electron chi connectivity index (χ4n) is 5.11. The van der Waals surface area contributed by atoms with Crippen LogP contribution in [0.1, 0.15) is 25.8 Å². The summed E-state index contributed by atoms with van der Waals surface area (Å²) in [4.78, 5) is 12.7. The molecular formula is C30H26O6. The molecule has 0 radical (unpaired) electrons. The Morgan fingerprint density at radius 3 is 2.36 bits per heavy atom. The molecule has 0 N–H and O–H groups in total. The van der Waals surface area contributed by atoms with Crippen molar-refractivity contribution in [1.29, 1.82) is 0 Å². The Bertz CT molecular complexity index is 1670. The van der Waals surface area contributed by atoms with Crippen molar-refractivity contribution in [2.24, 2.45) is 0 Å². The third kappa shape index (κ3) is 3.44. The Labute approximate surface area is 208 Å². The summed E-state index contributed by atoms with van der Waals surface area (Å²) >= 11 is 0. The van der Waals surface area contributed by atoms with Gasteiger partial charge in [-0.15, -0.1) is 0 Å². The number of aryl methyl sites for hydroxylation is 1. The summed E-state index contributed by atoms with van der Waals surface area (Å²) in [6.45, 7) is 4.14. The molecule has 0 unspecified atom stereocenters. The van der Waals surface area contributed by atoms with Gasteiger partial charge >= 0.3 is 5.63 Å². The lowest BCUT2D eigenvalue weighted by Crippen LogP contribution is -2.32. The van der Waals surface area contributed by atoms with Crippen molar-refractivity contribution < 1.29 is 23.0 Å². The highest BCUT2D eigenvalue weighted by atomic mass is 16.5. The van der Waals surface area contributed by atoms with Crippen LogP contribution >= 0.6 is 0 Å². The molecule has 2 aromatic heterocycles. The van der Waals surface area contributed by atoms with Crippen LogP contribution < -0.4 is 19.8 Å². The van der Waals surface area contributed by atoms with E-state index in [1.54, 1.807) is 20.5 Å². The minimum Gasteiger partial charge on any atom is -0.493 e. The largest absolute Gasteiger partial charge is 0.493 e. The second kappa shape index (κ2) is 8.19. The van der Waals surface area contributed by atoms with E-state index in [0.29, 0.717) is 34.8 Å². The van der Waals surface area contributed by atoms with Crippen molar-refractivity contribution in [3.8, 4) is 39.5 Å². The maximum absolute atomic E-state index is 12.7. The van der Waals surface area contributed by atoms with Gasteiger partial charge in [0.25, 0.3) is 0 Å². The molecule has 3 heterocycles. The molecule has 6 rings (SSSR count). The first-order chi connectivity index (χ1) is 17.4. The van der Waals surface area contributed by atoms with Crippen molar-refractivity contribution in [2.45, 2.75) is 32.3 Å². The third-order valence-corrected chi connectivity index (χ3v) is 6.89. The van der Waals surface area contributed by atoms with E-state index in [1.807, 2.05) is 48.5 Å². The summed E-state index contributed by atoms with van der Waals surface area (Å²) in [5.41, 5.74) is 4.70. The second-order valence-electron chi connectivity index (χ2n) is 9.64. The number of furan rings is 1. The lowest BCUT2D eigenvalue weighted by molar-refractivity contribution is 0.0870. The van der Waals surface area contributed by atoms with Crippen LogP contribution in [0.3, 0.4) is 0 Å². The molecule has 6 heteroatoms. The molecule has 0 amide bonds. The Morgan fingerprint density at radius 2 is 1.61 bits per heavy atom. The first kappa shape index (κ1) is 22.3. The first-order valence-electron chi connectivity index (χ1n) is 11.9. The van der Waals surface area contributed by atoms with E-state index >= 15 is 0 Å². The second-order valence-corrected chi connectivity index (χ2v) is 9.64. The van der Waals surface area contributed by atoms with Crippen LogP contribution in [0.4, 0.5) is 0 Å². The van der Waals surface area contributed by atoms with Gasteiger partial charge in [0.15, 0.2) is 11.5 Å². The number of fused-ring (bicyclic) bond motifs is 6. The van der Waals surface area contributed by atoms with Gasteiger partial charge in [0.05, 0.1) is 31.3 Å². The number of rotatable bonds is 4. The topological polar surface area (TPSA) is 71.0 Å². The summed E-state index contributed by atoms with van der Waals surface area (Å²) in [6.07, 6.45) is 3.24. The Kier molecular flexibility index (Phi) is 5.07. The van der Waals surface area contributed by atoms with Crippen molar-refractivity contribution >= 4 is 21.9 Å². The fourth-order valence-corrected chi connectivity index (χ4v) is 5.11. The lowest BCUT2D eigenvalue weighted by Gasteiger charge is -2.33. The molecule has 0 atom stereocenters. The third-order valence-electron chi connectivity index (χ3n) is 6.89. The van der Waals surface area contributed by atoms with Gasteiger partial charge in [-0.25, -0.2) is 4.79 Å². The molecule has 0 fully saturated rings. The highest BCUT2D eigenvalue weighted by Crippen LogP contribution is 2.50. The molecule has 3 aromatic carbocycles. The quantitative estimate of drug-likeness (QED) is 0.257. The summed E-state index contributed by atoms with van der Waals surface area (Å²) in [5.74, 6) is 1.96. The fraction of sp³-hybridized carbons (Fsp3) is 0.233. The Balaban J connectivity index is 1.75. The van der Waals surface area contributed by atoms with Crippen molar-refractivity contribution in [2.75, 3.05) is 14.2 Å². The number of hydrogen-bond donors (Lipinski definition) is 0. The predicted molar refractivity (Wildman–Crippen MR) is 139 cm³/mol. The lowest BCUT2D eigenvalue weighted by atomic mass is 9.88. The van der Waals surface area contributed by atoms with Gasteiger partial charge in [-0.3, -0.25) is 0 Å². The van der Waals surface area contributed by atoms with Crippen LogP contribution in [-0.4, -0.2) is 19.8 Å². The summed E-state index contributed by atoms with van der Waals surface area (Å²) in [5, 5.41) is 1.62. The van der Waals surface area contributed by atoms with E-state index in [2.05, 4.69) is 13.8 Å². The van der Waals surface area contributed by atoms with Gasteiger partial charge < -0.3 is 23.0 Å². The first-order valence-corrected chi connectivity index (χ1v) is 11.9. The maximum Gasteiger partial charge on any atom is 0.336 e. The normalized spacial score (nSPS) is 14.4. The average molecular weight is 483 g/mol. The maximum atomic E-state index is 12.7. The van der Waals surface area contributed by atoms with Gasteiger partial charge in [0.1, 0.15) is 22.5 Å². The van der Waals surface area contributed by atoms with Crippen LogP contribution in [0, 0.1) is 0 Å². The van der Waals surface area contributed by atoms with Gasteiger partial charge in [-0.2, -0.15) is 0 Å². The van der Waals surface area contributed by atoms with Crippen molar-refractivity contribution in [1.82, 2.24) is 0 Å². The van der Waals surface area contributed by atoms with E-state index in [4.69, 9.17) is 23.0 Å². The number of hydrogen-bond acceptors (Lipinski definition) is 6. The highest BCUT2D eigenvalue weighted by Gasteiger charge is 2.34. The van der Waals surface area contributed by atoms with Crippen LogP contribution in [0.25, 0.3) is 44.2 Å². The zero-order valence-corrected chi connectivity index (χ0v) is 20.6. The molecule has 0 bridgehead atoms. The van der Waals surface area contributed by atoms with Gasteiger partial charge in [0, 0.05) is 22.8 Å². The molecule has 182 valence electrons. The molecule has 0 saturated carbocycles. The van der Waals surface area contributed by atoms with Crippen molar-refractivity contribution in [3.05, 3.63) is 76.8 Å². The zero-order valence-electron chi connectivity index (χ0n) is 20.6. The number of methoxy groups -OCH3 is 2. The smallest absolute Gasteiger partial charge is 0.336 e. The summed E-state index contributed by atoms with van der Waals surface area (Å²) < 4.78 is 29.7. The van der Waals surface area contributed by atoms with E-state index < -0.39 is 5.63 Å². The average Bonchev–Trinajstić information content (AvgIpc) is 3.33. The number of benzene rings is 3. The minimum absolute atomic E-state index is 0.378. The summed E-state index contributed by atoms with van der Waals surface area (Å²) in [6, 6.07) is 17.1. The molecule has 5 aromatic rings. The van der Waals surface area contributed by atoms with E-state index in [-0.39, 0.29) is 5.60 Å². The molecule has 1 aliphatic heterocycles. The SMILES string of the molecule is COc1ccc(-c2coc3c2c2c(c4oc(=O)cc(-c5ccccc5)c43)CCC(C)(C)O2)cc1OC. The molecule has 1 aliphatic rings. The van der Waals surface area contributed by atoms with E-state index in [0.717, 1.165) is 45.0 Å². The predicted octanol–water partition coefficient (Wildman–Crippen LogP) is 6.99. The zero-order chi connectivity index (χ0) is 25.0. The Morgan fingerprint density at radius 1 is 0.833 bits per heavy atom. The van der Waals surface area contributed by atoms with Gasteiger partial charge in [-0.1, -0.05) is 36.4 Å². The molecule has 36 heavy (non-hydrogen) atoms. The van der Waals surface area contributed by atoms with Crippen molar-refractivity contribution in [3.63, 3.8) is 0 Å². The molecule has 0 aliphatic carbocycles. The molecular weight excluding hydrogens is 456 g/mol. The highest BCUT2D eigenvalue weighted by molar-refractivity contribution is 6.17. The molecule has 0 spiro atoms. The van der Waals surface area contributed by atoms with Gasteiger partial charge in [0.2, 0.25) is 0 Å². The number of ether oxygens (including phenoxy) is 3. The van der Waals surface area contributed by atoms with Crippen LogP contribution in [0.15, 0.2) is 74.5 Å². The van der Waals surface area contributed by atoms with Gasteiger partial charge in [-0.05, 0) is 49.9 Å². The Hall–Kier alpha value is -4.19. The monoisotopic (exact) mass is 482 g/mol. The van der Waals surface area contributed by atoms with Crippen LogP contribution in [0.5, 0.6) is 17.2 Å². The van der Waals surface area contributed by atoms with E-state index in [9.17, 15) is 4.79 Å². The molecule has 6 nitrogen and oxygen atoms in total. The van der Waals surface area contributed by atoms with Crippen LogP contribution in [0.2, 0.25) is 0 Å². The summed E-state index contributed by atoms with van der Waals surface area (Å²) in [7, 11) is 3.23. The minimum atomic E-state index is -0.403. The molecule has 0 saturated heterocycles. The van der Waals surface area contributed by atoms with Crippen LogP contribution in [-0.2, 0) is 6.42 Å². The van der Waals surface area contributed by atoms with E-state index in [1.165, 1.54) is 6.07 Å². The standard InChI is InChI=1S/C30H26O6/c1-30(2)13-12-19-27-25(20(15-24(31)35-27)17-8-6-5-7-9-17)29-26(28(19)36-30)21(16-34-29)18-10-11-22(32-3)23(14-18)33-4/h5-11,14-16H,12-13H2,1-4H3.